The summed E-state index contributed by atoms with van der Waals surface area (Å²) in [4.78, 5) is 11.8. The van der Waals surface area contributed by atoms with Crippen LogP contribution in [0, 0.1) is 6.92 Å². The van der Waals surface area contributed by atoms with E-state index in [0.717, 1.165) is 36.0 Å². The van der Waals surface area contributed by atoms with Gasteiger partial charge < -0.3 is 0 Å². The lowest BCUT2D eigenvalue weighted by atomic mass is 9.93. The molecular weight excluding hydrogens is 256 g/mol. The van der Waals surface area contributed by atoms with Crippen molar-refractivity contribution in [3.8, 4) is 0 Å². The third kappa shape index (κ3) is 5.18. The van der Waals surface area contributed by atoms with Gasteiger partial charge in [0.15, 0.2) is 5.78 Å². The second-order valence-electron chi connectivity index (χ2n) is 5.50. The van der Waals surface area contributed by atoms with Crippen LogP contribution in [-0.2, 0) is 11.2 Å². The Morgan fingerprint density at radius 3 is 2.48 bits per heavy atom. The van der Waals surface area contributed by atoms with Gasteiger partial charge >= 0.3 is 0 Å². The predicted molar refractivity (Wildman–Crippen MR) is 91.5 cm³/mol. The molecule has 0 amide bonds. The van der Waals surface area contributed by atoms with Gasteiger partial charge in [0, 0.05) is 5.57 Å². The van der Waals surface area contributed by atoms with E-state index in [0.29, 0.717) is 0 Å². The summed E-state index contributed by atoms with van der Waals surface area (Å²) >= 11 is 0. The molecule has 112 valence electrons. The number of Topliss-reactive ketones (excluding diaryl/α,β-unsaturated/α-hetero) is 1. The van der Waals surface area contributed by atoms with Crippen molar-refractivity contribution in [1.82, 2.24) is 0 Å². The Morgan fingerprint density at radius 1 is 1.24 bits per heavy atom. The highest BCUT2D eigenvalue weighted by Gasteiger charge is 2.11. The van der Waals surface area contributed by atoms with E-state index >= 15 is 0 Å². The molecule has 0 aliphatic heterocycles. The number of hydrogen-bond acceptors (Lipinski definition) is 1. The molecule has 1 nitrogen and oxygen atoms in total. The molecule has 0 radical (unpaired) electrons. The van der Waals surface area contributed by atoms with Gasteiger partial charge in [-0.15, -0.1) is 0 Å². The van der Waals surface area contributed by atoms with Gasteiger partial charge in [-0.3, -0.25) is 4.79 Å². The molecule has 0 saturated heterocycles. The zero-order valence-corrected chi connectivity index (χ0v) is 13.7. The van der Waals surface area contributed by atoms with E-state index in [1.54, 1.807) is 6.92 Å². The van der Waals surface area contributed by atoms with Gasteiger partial charge in [-0.05, 0) is 69.2 Å². The van der Waals surface area contributed by atoms with Gasteiger partial charge in [0.25, 0.3) is 0 Å². The molecule has 21 heavy (non-hydrogen) atoms. The summed E-state index contributed by atoms with van der Waals surface area (Å²) in [6.07, 6.45) is 6.84. The average molecular weight is 282 g/mol. The van der Waals surface area contributed by atoms with Crippen LogP contribution in [0.25, 0.3) is 0 Å². The summed E-state index contributed by atoms with van der Waals surface area (Å²) in [6.45, 7) is 11.8. The van der Waals surface area contributed by atoms with Gasteiger partial charge in [0.2, 0.25) is 0 Å². The van der Waals surface area contributed by atoms with Crippen LogP contribution in [0.5, 0.6) is 0 Å². The molecule has 1 aromatic rings. The van der Waals surface area contributed by atoms with Crippen molar-refractivity contribution in [2.75, 3.05) is 0 Å². The fourth-order valence-corrected chi connectivity index (χ4v) is 2.65. The first kappa shape index (κ1) is 17.2. The minimum Gasteiger partial charge on any atom is -0.294 e. The Hall–Kier alpha value is -1.89. The third-order valence-electron chi connectivity index (χ3n) is 3.70. The molecule has 0 fully saturated rings. The van der Waals surface area contributed by atoms with Crippen LogP contribution in [0.1, 0.15) is 44.7 Å². The van der Waals surface area contributed by atoms with E-state index in [1.165, 1.54) is 11.1 Å². The number of benzene rings is 1. The van der Waals surface area contributed by atoms with Crippen LogP contribution in [0.2, 0.25) is 0 Å². The second kappa shape index (κ2) is 8.41. The second-order valence-corrected chi connectivity index (χ2v) is 5.50. The Balaban J connectivity index is 2.70. The van der Waals surface area contributed by atoms with Crippen molar-refractivity contribution in [3.05, 3.63) is 70.8 Å². The number of hydrogen-bond donors (Lipinski definition) is 0. The summed E-state index contributed by atoms with van der Waals surface area (Å²) in [5, 5.41) is 0. The summed E-state index contributed by atoms with van der Waals surface area (Å²) in [5.41, 5.74) is 5.45. The van der Waals surface area contributed by atoms with E-state index < -0.39 is 0 Å². The number of ketones is 1. The summed E-state index contributed by atoms with van der Waals surface area (Å²) < 4.78 is 0. The van der Waals surface area contributed by atoms with Crippen molar-refractivity contribution >= 4 is 5.78 Å². The van der Waals surface area contributed by atoms with E-state index in [2.05, 4.69) is 37.8 Å². The van der Waals surface area contributed by atoms with Crippen LogP contribution in [0.4, 0.5) is 0 Å². The highest BCUT2D eigenvalue weighted by atomic mass is 16.1. The fourth-order valence-electron chi connectivity index (χ4n) is 2.65. The predicted octanol–water partition coefficient (Wildman–Crippen LogP) is 5.36. The average Bonchev–Trinajstić information content (AvgIpc) is 2.41. The van der Waals surface area contributed by atoms with Crippen molar-refractivity contribution < 1.29 is 4.79 Å². The maximum atomic E-state index is 11.8. The minimum atomic E-state index is 0.103. The standard InChI is InChI=1S/C20H26O/c1-6-10-16(3)20(18(5)21)17(4)12-9-14-19-13-8-7-11-15(19)2/h6-8,10-11,13H,4,9,12,14H2,1-3,5H3/b10-6-,20-16+. The normalized spacial score (nSPS) is 12.4. The molecule has 0 spiro atoms. The van der Waals surface area contributed by atoms with E-state index in [1.807, 2.05) is 26.0 Å². The van der Waals surface area contributed by atoms with Gasteiger partial charge in [0.05, 0.1) is 0 Å². The van der Waals surface area contributed by atoms with Gasteiger partial charge in [-0.25, -0.2) is 0 Å². The summed E-state index contributed by atoms with van der Waals surface area (Å²) in [5.74, 6) is 0.103. The van der Waals surface area contributed by atoms with E-state index in [-0.39, 0.29) is 5.78 Å². The van der Waals surface area contributed by atoms with Crippen molar-refractivity contribution in [2.24, 2.45) is 0 Å². The van der Waals surface area contributed by atoms with Crippen LogP contribution in [0.3, 0.4) is 0 Å². The van der Waals surface area contributed by atoms with Crippen LogP contribution in [0.15, 0.2) is 59.7 Å². The topological polar surface area (TPSA) is 17.1 Å². The highest BCUT2D eigenvalue weighted by Crippen LogP contribution is 2.21. The first-order chi connectivity index (χ1) is 9.97. The third-order valence-corrected chi connectivity index (χ3v) is 3.70. The molecule has 1 rings (SSSR count). The van der Waals surface area contributed by atoms with Gasteiger partial charge in [-0.1, -0.05) is 43.0 Å². The molecule has 0 bridgehead atoms. The van der Waals surface area contributed by atoms with Crippen LogP contribution in [-0.4, -0.2) is 5.78 Å². The molecule has 0 unspecified atom stereocenters. The van der Waals surface area contributed by atoms with Crippen LogP contribution >= 0.6 is 0 Å². The molecule has 1 heteroatoms. The number of aryl methyl sites for hydroxylation is 2. The monoisotopic (exact) mass is 282 g/mol. The zero-order chi connectivity index (χ0) is 15.8. The smallest absolute Gasteiger partial charge is 0.160 e. The van der Waals surface area contributed by atoms with E-state index in [9.17, 15) is 4.79 Å². The number of carbonyl (C=O) groups excluding carboxylic acids is 1. The number of rotatable bonds is 7. The van der Waals surface area contributed by atoms with Gasteiger partial charge in [-0.2, -0.15) is 0 Å². The summed E-state index contributed by atoms with van der Waals surface area (Å²) in [7, 11) is 0. The Kier molecular flexibility index (Phi) is 6.87. The minimum absolute atomic E-state index is 0.103. The molecule has 0 saturated carbocycles. The molecule has 0 N–H and O–H groups in total. The van der Waals surface area contributed by atoms with Crippen LogP contribution < -0.4 is 0 Å². The molecule has 0 atom stereocenters. The van der Waals surface area contributed by atoms with Crippen molar-refractivity contribution in [1.29, 1.82) is 0 Å². The van der Waals surface area contributed by atoms with E-state index in [4.69, 9.17) is 0 Å². The first-order valence-electron chi connectivity index (χ1n) is 7.54. The Labute approximate surface area is 129 Å². The maximum absolute atomic E-state index is 11.8. The molecule has 0 heterocycles. The number of carbonyl (C=O) groups is 1. The lowest BCUT2D eigenvalue weighted by molar-refractivity contribution is -0.113. The summed E-state index contributed by atoms with van der Waals surface area (Å²) in [6, 6.07) is 8.45. The van der Waals surface area contributed by atoms with Crippen molar-refractivity contribution in [3.63, 3.8) is 0 Å². The number of allylic oxidation sites excluding steroid dienone is 5. The Morgan fingerprint density at radius 2 is 1.90 bits per heavy atom. The van der Waals surface area contributed by atoms with Crippen molar-refractivity contribution in [2.45, 2.75) is 47.0 Å². The molecule has 0 aliphatic carbocycles. The maximum Gasteiger partial charge on any atom is 0.160 e. The van der Waals surface area contributed by atoms with Gasteiger partial charge in [0.1, 0.15) is 0 Å². The lowest BCUT2D eigenvalue weighted by Gasteiger charge is -2.11. The highest BCUT2D eigenvalue weighted by molar-refractivity contribution is 5.98. The fraction of sp³-hybridized carbons (Fsp3) is 0.350. The first-order valence-corrected chi connectivity index (χ1v) is 7.54. The molecule has 1 aromatic carbocycles. The largest absolute Gasteiger partial charge is 0.294 e. The zero-order valence-electron chi connectivity index (χ0n) is 13.7. The quantitative estimate of drug-likeness (QED) is 0.486. The molecular formula is C20H26O. The SMILES string of the molecule is C=C(CCCc1ccccc1C)/C(C(C)=O)=C(C)\C=C/C. The molecule has 0 aliphatic rings. The Bertz CT molecular complexity index is 573. The molecule has 0 aromatic heterocycles. The lowest BCUT2D eigenvalue weighted by Crippen LogP contribution is -2.03.